The number of likely N-dealkylation sites (tertiary alicyclic amines) is 1. The second-order valence-electron chi connectivity index (χ2n) is 7.09. The fourth-order valence-corrected chi connectivity index (χ4v) is 3.42. The second-order valence-corrected chi connectivity index (χ2v) is 7.09. The lowest BCUT2D eigenvalue weighted by Crippen LogP contribution is -2.37. The molecule has 7 heteroatoms. The Labute approximate surface area is 182 Å². The zero-order valence-corrected chi connectivity index (χ0v) is 17.4. The van der Waals surface area contributed by atoms with E-state index in [2.05, 4.69) is 29.2 Å². The number of benzene rings is 1. The number of hydroxylamine groups is 1. The predicted octanol–water partition coefficient (Wildman–Crippen LogP) is 3.52. The maximum absolute atomic E-state index is 12.5. The Kier molecular flexibility index (Phi) is 9.25. The number of nitrogens with zero attached hydrogens (tertiary/aromatic N) is 2. The molecule has 1 aromatic heterocycles. The van der Waals surface area contributed by atoms with Gasteiger partial charge in [-0.3, -0.25) is 14.8 Å². The largest absolute Gasteiger partial charge is 0.339 e. The molecule has 2 amide bonds. The lowest BCUT2D eigenvalue weighted by atomic mass is 9.90. The van der Waals surface area contributed by atoms with Crippen molar-refractivity contribution in [2.45, 2.75) is 19.3 Å². The van der Waals surface area contributed by atoms with Crippen LogP contribution in [0.2, 0.25) is 0 Å². The Morgan fingerprint density at radius 2 is 1.63 bits per heavy atom. The normalized spacial score (nSPS) is 14.6. The van der Waals surface area contributed by atoms with Gasteiger partial charge in [0.2, 0.25) is 5.91 Å². The van der Waals surface area contributed by atoms with Crippen LogP contribution in [0, 0.1) is 5.92 Å². The predicted molar refractivity (Wildman–Crippen MR) is 119 cm³/mol. The molecule has 0 radical (unpaired) electrons. The first-order valence-electron chi connectivity index (χ1n) is 9.74. The Morgan fingerprint density at radius 1 is 1.00 bits per heavy atom. The van der Waals surface area contributed by atoms with E-state index in [1.807, 2.05) is 11.0 Å². The standard InChI is InChI=1S/C23H25N3O3.ClH/c27-22(25-29)11-9-20-7-4-8-21(24-20)10-12-23(28)26-15-13-19(14-16-26)17-18-5-2-1-3-6-18;/h1-12,19,29H,13-17H2,(H,25,27);1H/b11-9+,12-10+;. The fourth-order valence-electron chi connectivity index (χ4n) is 3.42. The third-order valence-electron chi connectivity index (χ3n) is 5.00. The van der Waals surface area contributed by atoms with Crippen LogP contribution in [0.4, 0.5) is 0 Å². The summed E-state index contributed by atoms with van der Waals surface area (Å²) < 4.78 is 0. The summed E-state index contributed by atoms with van der Waals surface area (Å²) in [5.41, 5.74) is 4.07. The van der Waals surface area contributed by atoms with Gasteiger partial charge in [0.05, 0.1) is 11.4 Å². The van der Waals surface area contributed by atoms with Gasteiger partial charge in [-0.25, -0.2) is 10.5 Å². The molecule has 0 saturated carbocycles. The molecule has 1 aromatic carbocycles. The van der Waals surface area contributed by atoms with E-state index in [9.17, 15) is 9.59 Å². The van der Waals surface area contributed by atoms with E-state index in [1.165, 1.54) is 23.2 Å². The first-order chi connectivity index (χ1) is 14.1. The van der Waals surface area contributed by atoms with Gasteiger partial charge < -0.3 is 4.90 Å². The van der Waals surface area contributed by atoms with E-state index in [0.717, 1.165) is 32.4 Å². The zero-order chi connectivity index (χ0) is 20.5. The van der Waals surface area contributed by atoms with Gasteiger partial charge >= 0.3 is 0 Å². The van der Waals surface area contributed by atoms with Crippen molar-refractivity contribution in [1.29, 1.82) is 0 Å². The monoisotopic (exact) mass is 427 g/mol. The Hall–Kier alpha value is -2.96. The third-order valence-corrected chi connectivity index (χ3v) is 5.00. The van der Waals surface area contributed by atoms with E-state index < -0.39 is 5.91 Å². The Balaban J connectivity index is 0.00000320. The molecule has 0 atom stereocenters. The molecule has 1 fully saturated rings. The quantitative estimate of drug-likeness (QED) is 0.420. The first kappa shape index (κ1) is 23.3. The summed E-state index contributed by atoms with van der Waals surface area (Å²) >= 11 is 0. The molecule has 3 rings (SSSR count). The Morgan fingerprint density at radius 3 is 2.27 bits per heavy atom. The average Bonchev–Trinajstić information content (AvgIpc) is 2.77. The van der Waals surface area contributed by atoms with Crippen LogP contribution in [0.15, 0.2) is 60.7 Å². The summed E-state index contributed by atoms with van der Waals surface area (Å²) in [5.74, 6) is -0.0177. The number of carbonyl (C=O) groups is 2. The molecular weight excluding hydrogens is 402 g/mol. The zero-order valence-electron chi connectivity index (χ0n) is 16.6. The number of halogens is 1. The molecule has 1 saturated heterocycles. The molecular formula is C23H26ClN3O3. The number of rotatable bonds is 6. The van der Waals surface area contributed by atoms with Crippen LogP contribution in [0.25, 0.3) is 12.2 Å². The highest BCUT2D eigenvalue weighted by molar-refractivity contribution is 5.92. The topological polar surface area (TPSA) is 82.5 Å². The lowest BCUT2D eigenvalue weighted by Gasteiger charge is -2.31. The van der Waals surface area contributed by atoms with Crippen molar-refractivity contribution < 1.29 is 14.8 Å². The van der Waals surface area contributed by atoms with Gasteiger partial charge in [0.1, 0.15) is 0 Å². The highest BCUT2D eigenvalue weighted by atomic mass is 35.5. The number of hydrogen-bond donors (Lipinski definition) is 2. The highest BCUT2D eigenvalue weighted by Gasteiger charge is 2.21. The van der Waals surface area contributed by atoms with E-state index in [-0.39, 0.29) is 18.3 Å². The molecule has 30 heavy (non-hydrogen) atoms. The van der Waals surface area contributed by atoms with Gasteiger partial charge in [-0.1, -0.05) is 36.4 Å². The minimum Gasteiger partial charge on any atom is -0.339 e. The van der Waals surface area contributed by atoms with Gasteiger partial charge in [-0.05, 0) is 55.0 Å². The van der Waals surface area contributed by atoms with E-state index >= 15 is 0 Å². The molecule has 2 heterocycles. The first-order valence-corrected chi connectivity index (χ1v) is 9.74. The smallest absolute Gasteiger partial charge is 0.267 e. The number of amides is 2. The second kappa shape index (κ2) is 11.9. The Bertz CT molecular complexity index is 892. The summed E-state index contributed by atoms with van der Waals surface area (Å²) in [6.45, 7) is 1.54. The molecule has 2 N–H and O–H groups in total. The SMILES string of the molecule is Cl.O=C(/C=C/c1cccc(/C=C/C(=O)N2CCC(Cc3ccccc3)CC2)n1)NO. The van der Waals surface area contributed by atoms with Crippen molar-refractivity contribution >= 4 is 36.4 Å². The fraction of sp³-hybridized carbons (Fsp3) is 0.261. The van der Waals surface area contributed by atoms with Gasteiger partial charge in [0, 0.05) is 25.2 Å². The van der Waals surface area contributed by atoms with Gasteiger partial charge in [-0.15, -0.1) is 12.4 Å². The van der Waals surface area contributed by atoms with Crippen molar-refractivity contribution in [3.05, 3.63) is 77.6 Å². The van der Waals surface area contributed by atoms with Crippen molar-refractivity contribution in [2.24, 2.45) is 5.92 Å². The van der Waals surface area contributed by atoms with Crippen molar-refractivity contribution in [2.75, 3.05) is 13.1 Å². The van der Waals surface area contributed by atoms with Gasteiger partial charge in [-0.2, -0.15) is 0 Å². The van der Waals surface area contributed by atoms with Crippen molar-refractivity contribution in [3.63, 3.8) is 0 Å². The van der Waals surface area contributed by atoms with Crippen LogP contribution in [-0.2, 0) is 16.0 Å². The maximum Gasteiger partial charge on any atom is 0.267 e. The number of piperidine rings is 1. The molecule has 6 nitrogen and oxygen atoms in total. The van der Waals surface area contributed by atoms with Crippen LogP contribution in [0.1, 0.15) is 29.8 Å². The van der Waals surface area contributed by atoms with Crippen LogP contribution in [0.3, 0.4) is 0 Å². The molecule has 1 aliphatic heterocycles. The number of hydrogen-bond acceptors (Lipinski definition) is 4. The minimum absolute atomic E-state index is 0. The highest BCUT2D eigenvalue weighted by Crippen LogP contribution is 2.22. The van der Waals surface area contributed by atoms with Crippen molar-refractivity contribution in [3.8, 4) is 0 Å². The molecule has 158 valence electrons. The van der Waals surface area contributed by atoms with E-state index in [1.54, 1.807) is 30.4 Å². The average molecular weight is 428 g/mol. The lowest BCUT2D eigenvalue weighted by molar-refractivity contribution is -0.127. The number of carbonyl (C=O) groups excluding carboxylic acids is 2. The summed E-state index contributed by atoms with van der Waals surface area (Å²) in [4.78, 5) is 29.8. The summed E-state index contributed by atoms with van der Waals surface area (Å²) in [6, 6.07) is 15.8. The molecule has 0 bridgehead atoms. The van der Waals surface area contributed by atoms with Crippen LogP contribution < -0.4 is 5.48 Å². The summed E-state index contributed by atoms with van der Waals surface area (Å²) in [7, 11) is 0. The van der Waals surface area contributed by atoms with Crippen LogP contribution in [-0.4, -0.2) is 40.0 Å². The summed E-state index contributed by atoms with van der Waals surface area (Å²) in [5, 5.41) is 8.50. The molecule has 1 aliphatic rings. The summed E-state index contributed by atoms with van der Waals surface area (Å²) in [6.07, 6.45) is 9.00. The maximum atomic E-state index is 12.5. The minimum atomic E-state index is -0.626. The molecule has 0 spiro atoms. The van der Waals surface area contributed by atoms with Gasteiger partial charge in [0.25, 0.3) is 5.91 Å². The number of aromatic nitrogens is 1. The molecule has 2 aromatic rings. The third kappa shape index (κ3) is 7.13. The van der Waals surface area contributed by atoms with E-state index in [4.69, 9.17) is 5.21 Å². The van der Waals surface area contributed by atoms with Crippen LogP contribution in [0.5, 0.6) is 0 Å². The molecule has 0 unspecified atom stereocenters. The van der Waals surface area contributed by atoms with Crippen molar-refractivity contribution in [1.82, 2.24) is 15.4 Å². The number of nitrogens with one attached hydrogen (secondary N) is 1. The van der Waals surface area contributed by atoms with Crippen LogP contribution >= 0.6 is 12.4 Å². The molecule has 0 aliphatic carbocycles. The van der Waals surface area contributed by atoms with Gasteiger partial charge in [0.15, 0.2) is 0 Å². The van der Waals surface area contributed by atoms with E-state index in [0.29, 0.717) is 17.3 Å². The number of pyridine rings is 1.